The summed E-state index contributed by atoms with van der Waals surface area (Å²) in [5, 5.41) is 15.2. The van der Waals surface area contributed by atoms with E-state index in [0.717, 1.165) is 11.3 Å². The van der Waals surface area contributed by atoms with Crippen molar-refractivity contribution in [3.05, 3.63) is 29.8 Å². The molecule has 1 atom stereocenters. The molecule has 3 rings (SSSR count). The Labute approximate surface area is 117 Å². The normalized spacial score (nSPS) is 22.3. The van der Waals surface area contributed by atoms with Crippen LogP contribution in [0, 0.1) is 11.3 Å². The van der Waals surface area contributed by atoms with Crippen molar-refractivity contribution in [3.8, 4) is 0 Å². The maximum atomic E-state index is 12.2. The minimum Gasteiger partial charge on any atom is -0.481 e. The summed E-state index contributed by atoms with van der Waals surface area (Å²) in [4.78, 5) is 23.2. The van der Waals surface area contributed by atoms with Gasteiger partial charge in [-0.15, -0.1) is 0 Å². The van der Waals surface area contributed by atoms with E-state index >= 15 is 0 Å². The number of carboxylic acids is 1. The first-order valence-corrected chi connectivity index (χ1v) is 6.94. The second kappa shape index (κ2) is 4.81. The highest BCUT2D eigenvalue weighted by Crippen LogP contribution is 2.45. The van der Waals surface area contributed by atoms with Crippen LogP contribution in [0.1, 0.15) is 18.4 Å². The summed E-state index contributed by atoms with van der Waals surface area (Å²) in [5.74, 6) is -0.987. The maximum absolute atomic E-state index is 12.2. The Morgan fingerprint density at radius 2 is 2.10 bits per heavy atom. The van der Waals surface area contributed by atoms with Crippen molar-refractivity contribution in [3.63, 3.8) is 0 Å². The molecule has 20 heavy (non-hydrogen) atoms. The van der Waals surface area contributed by atoms with Crippen LogP contribution in [0.25, 0.3) is 0 Å². The number of carbonyl (C=O) groups excluding carboxylic acids is 1. The molecule has 0 spiro atoms. The maximum Gasteiger partial charge on any atom is 0.311 e. The predicted molar refractivity (Wildman–Crippen MR) is 74.4 cm³/mol. The van der Waals surface area contributed by atoms with Crippen LogP contribution in [-0.4, -0.2) is 30.1 Å². The van der Waals surface area contributed by atoms with E-state index in [2.05, 4.69) is 10.6 Å². The Bertz CT molecular complexity index is 552. The zero-order chi connectivity index (χ0) is 14.2. The average molecular weight is 274 g/mol. The quantitative estimate of drug-likeness (QED) is 0.772. The Hall–Kier alpha value is -2.04. The van der Waals surface area contributed by atoms with Gasteiger partial charge in [-0.2, -0.15) is 0 Å². The molecule has 1 aromatic rings. The molecule has 3 N–H and O–H groups in total. The van der Waals surface area contributed by atoms with E-state index in [0.29, 0.717) is 25.8 Å². The molecule has 1 aliphatic heterocycles. The van der Waals surface area contributed by atoms with Crippen molar-refractivity contribution in [2.24, 2.45) is 11.3 Å². The van der Waals surface area contributed by atoms with E-state index in [4.69, 9.17) is 5.11 Å². The first kappa shape index (κ1) is 13.0. The van der Waals surface area contributed by atoms with Gasteiger partial charge in [-0.25, -0.2) is 0 Å². The predicted octanol–water partition coefficient (Wildman–Crippen LogP) is 1.25. The van der Waals surface area contributed by atoms with Crippen LogP contribution in [0.3, 0.4) is 0 Å². The van der Waals surface area contributed by atoms with Crippen LogP contribution < -0.4 is 10.6 Å². The molecule has 1 aliphatic carbocycles. The summed E-state index contributed by atoms with van der Waals surface area (Å²) in [6.45, 7) is 0.849. The van der Waals surface area contributed by atoms with Crippen LogP contribution in [-0.2, 0) is 16.0 Å². The zero-order valence-electron chi connectivity index (χ0n) is 11.2. The molecular weight excluding hydrogens is 256 g/mol. The molecule has 1 fully saturated rings. The van der Waals surface area contributed by atoms with Crippen molar-refractivity contribution in [1.82, 2.24) is 5.32 Å². The van der Waals surface area contributed by atoms with Gasteiger partial charge in [0.25, 0.3) is 0 Å². The number of nitrogens with one attached hydrogen (secondary N) is 2. The van der Waals surface area contributed by atoms with Gasteiger partial charge < -0.3 is 15.7 Å². The Morgan fingerprint density at radius 1 is 1.35 bits per heavy atom. The highest BCUT2D eigenvalue weighted by atomic mass is 16.4. The third kappa shape index (κ3) is 2.35. The fourth-order valence-corrected chi connectivity index (χ4v) is 2.64. The van der Waals surface area contributed by atoms with Crippen molar-refractivity contribution >= 4 is 17.6 Å². The molecular formula is C15H18N2O3. The van der Waals surface area contributed by atoms with Gasteiger partial charge in [0.1, 0.15) is 0 Å². The van der Waals surface area contributed by atoms with Crippen LogP contribution in [0.5, 0.6) is 0 Å². The summed E-state index contributed by atoms with van der Waals surface area (Å²) >= 11 is 0. The monoisotopic (exact) mass is 274 g/mol. The fraction of sp³-hybridized carbons (Fsp3) is 0.467. The number of hydrogen-bond acceptors (Lipinski definition) is 3. The SMILES string of the molecule is O=C(NCC1(C(=O)O)CC1)C1CNc2ccccc2C1. The summed E-state index contributed by atoms with van der Waals surface area (Å²) in [6.07, 6.45) is 2.03. The molecule has 5 heteroatoms. The molecule has 0 bridgehead atoms. The molecule has 1 aromatic carbocycles. The highest BCUT2D eigenvalue weighted by molar-refractivity contribution is 5.83. The summed E-state index contributed by atoms with van der Waals surface area (Å²) in [6, 6.07) is 7.95. The van der Waals surface area contributed by atoms with Gasteiger partial charge in [-0.3, -0.25) is 9.59 Å². The number of aliphatic carboxylic acids is 1. The minimum atomic E-state index is -0.801. The van der Waals surface area contributed by atoms with Gasteiger partial charge in [-0.05, 0) is 30.9 Å². The van der Waals surface area contributed by atoms with E-state index in [-0.39, 0.29) is 18.4 Å². The molecule has 0 aromatic heterocycles. The Balaban J connectivity index is 1.58. The smallest absolute Gasteiger partial charge is 0.311 e. The molecule has 2 aliphatic rings. The lowest BCUT2D eigenvalue weighted by Crippen LogP contribution is -2.41. The largest absolute Gasteiger partial charge is 0.481 e. The molecule has 1 saturated carbocycles. The number of amides is 1. The molecule has 0 saturated heterocycles. The van der Waals surface area contributed by atoms with Crippen LogP contribution in [0.15, 0.2) is 24.3 Å². The van der Waals surface area contributed by atoms with Gasteiger partial charge in [0.15, 0.2) is 0 Å². The average Bonchev–Trinajstić information content (AvgIpc) is 3.25. The lowest BCUT2D eigenvalue weighted by atomic mass is 9.93. The number of para-hydroxylation sites is 1. The van der Waals surface area contributed by atoms with Crippen LogP contribution >= 0.6 is 0 Å². The number of carboxylic acid groups (broad SMARTS) is 1. The lowest BCUT2D eigenvalue weighted by Gasteiger charge is -2.25. The number of hydrogen-bond donors (Lipinski definition) is 3. The van der Waals surface area contributed by atoms with Crippen molar-refractivity contribution in [1.29, 1.82) is 0 Å². The van der Waals surface area contributed by atoms with E-state index in [1.165, 1.54) is 0 Å². The lowest BCUT2D eigenvalue weighted by molar-refractivity contribution is -0.143. The Morgan fingerprint density at radius 3 is 2.80 bits per heavy atom. The number of rotatable bonds is 4. The summed E-state index contributed by atoms with van der Waals surface area (Å²) in [5.41, 5.74) is 1.52. The molecule has 1 amide bonds. The highest BCUT2D eigenvalue weighted by Gasteiger charge is 2.50. The second-order valence-electron chi connectivity index (χ2n) is 5.74. The van der Waals surface area contributed by atoms with E-state index < -0.39 is 11.4 Å². The van der Waals surface area contributed by atoms with Crippen LogP contribution in [0.4, 0.5) is 5.69 Å². The Kier molecular flexibility index (Phi) is 3.12. The third-order valence-corrected chi connectivity index (χ3v) is 4.30. The summed E-state index contributed by atoms with van der Waals surface area (Å²) in [7, 11) is 0. The van der Waals surface area contributed by atoms with Crippen molar-refractivity contribution in [2.75, 3.05) is 18.4 Å². The van der Waals surface area contributed by atoms with E-state index in [1.54, 1.807) is 0 Å². The first-order valence-electron chi connectivity index (χ1n) is 6.94. The molecule has 0 radical (unpaired) electrons. The molecule has 1 heterocycles. The first-order chi connectivity index (χ1) is 9.61. The third-order valence-electron chi connectivity index (χ3n) is 4.30. The van der Waals surface area contributed by atoms with Crippen molar-refractivity contribution < 1.29 is 14.7 Å². The van der Waals surface area contributed by atoms with Gasteiger partial charge in [0.2, 0.25) is 5.91 Å². The molecule has 1 unspecified atom stereocenters. The van der Waals surface area contributed by atoms with Gasteiger partial charge in [0, 0.05) is 18.8 Å². The number of fused-ring (bicyclic) bond motifs is 1. The number of anilines is 1. The van der Waals surface area contributed by atoms with Gasteiger partial charge >= 0.3 is 5.97 Å². The van der Waals surface area contributed by atoms with E-state index in [1.807, 2.05) is 24.3 Å². The summed E-state index contributed by atoms with van der Waals surface area (Å²) < 4.78 is 0. The van der Waals surface area contributed by atoms with Gasteiger partial charge in [0.05, 0.1) is 11.3 Å². The number of benzene rings is 1. The van der Waals surface area contributed by atoms with Crippen molar-refractivity contribution in [2.45, 2.75) is 19.3 Å². The zero-order valence-corrected chi connectivity index (χ0v) is 11.2. The molecule has 5 nitrogen and oxygen atoms in total. The van der Waals surface area contributed by atoms with Gasteiger partial charge in [-0.1, -0.05) is 18.2 Å². The van der Waals surface area contributed by atoms with Crippen LogP contribution in [0.2, 0.25) is 0 Å². The molecule has 106 valence electrons. The minimum absolute atomic E-state index is 0.0560. The number of carbonyl (C=O) groups is 2. The van der Waals surface area contributed by atoms with E-state index in [9.17, 15) is 9.59 Å². The second-order valence-corrected chi connectivity index (χ2v) is 5.74. The standard InChI is InChI=1S/C15H18N2O3/c18-13(17-9-15(5-6-15)14(19)20)11-7-10-3-1-2-4-12(10)16-8-11/h1-4,11,16H,5-9H2,(H,17,18)(H,19,20). The topological polar surface area (TPSA) is 78.4 Å². The fourth-order valence-electron chi connectivity index (χ4n) is 2.64.